The smallest absolute Gasteiger partial charge is 0.398 e. The SMILES string of the molecule is CC(C)(C)Cc1ccccc1-c1ccc2c(-c3ccc(B4OC(C)(C)C(C)(C)O4)nc3)c3ccccc3c(-c3ccc(-c4ccccc4)cc3)c2c1. The zero-order chi connectivity index (χ0) is 36.3. The molecule has 4 heteroatoms. The van der Waals surface area contributed by atoms with Crippen LogP contribution in [0.15, 0.2) is 140 Å². The van der Waals surface area contributed by atoms with Crippen LogP contribution in [0.2, 0.25) is 0 Å². The van der Waals surface area contributed by atoms with Gasteiger partial charge in [0.15, 0.2) is 0 Å². The third-order valence-electron chi connectivity index (χ3n) is 10.9. The van der Waals surface area contributed by atoms with Gasteiger partial charge in [-0.15, -0.1) is 0 Å². The molecular weight excluding hydrogens is 633 g/mol. The van der Waals surface area contributed by atoms with Gasteiger partial charge in [0.2, 0.25) is 0 Å². The van der Waals surface area contributed by atoms with E-state index in [1.807, 2.05) is 6.20 Å². The van der Waals surface area contributed by atoms with Gasteiger partial charge in [-0.3, -0.25) is 4.98 Å². The van der Waals surface area contributed by atoms with Gasteiger partial charge in [0.1, 0.15) is 0 Å². The monoisotopic (exact) mass is 679 g/mol. The molecule has 52 heavy (non-hydrogen) atoms. The molecule has 1 saturated heterocycles. The van der Waals surface area contributed by atoms with E-state index in [2.05, 4.69) is 182 Å². The highest BCUT2D eigenvalue weighted by Gasteiger charge is 2.52. The molecule has 1 aliphatic rings. The minimum atomic E-state index is -0.510. The van der Waals surface area contributed by atoms with Crippen molar-refractivity contribution in [2.45, 2.75) is 66.1 Å². The van der Waals surface area contributed by atoms with E-state index in [-0.39, 0.29) is 5.41 Å². The molecule has 0 bridgehead atoms. The first-order valence-electron chi connectivity index (χ1n) is 18.4. The second kappa shape index (κ2) is 12.9. The third kappa shape index (κ3) is 6.25. The maximum absolute atomic E-state index is 6.35. The van der Waals surface area contributed by atoms with Crippen molar-refractivity contribution in [1.82, 2.24) is 4.98 Å². The molecular formula is C48H46BNO2. The molecule has 0 spiro atoms. The van der Waals surface area contributed by atoms with Crippen molar-refractivity contribution in [3.8, 4) is 44.5 Å². The van der Waals surface area contributed by atoms with Gasteiger partial charge in [-0.05, 0) is 118 Å². The van der Waals surface area contributed by atoms with Gasteiger partial charge in [-0.1, -0.05) is 142 Å². The Labute approximate surface area is 308 Å². The van der Waals surface area contributed by atoms with Crippen LogP contribution in [0, 0.1) is 5.41 Å². The van der Waals surface area contributed by atoms with E-state index in [0.29, 0.717) is 0 Å². The van der Waals surface area contributed by atoms with Crippen LogP contribution in [0.4, 0.5) is 0 Å². The first kappa shape index (κ1) is 34.1. The van der Waals surface area contributed by atoms with Crippen molar-refractivity contribution in [3.63, 3.8) is 0 Å². The largest absolute Gasteiger partial charge is 0.514 e. The van der Waals surface area contributed by atoms with E-state index in [1.54, 1.807) is 0 Å². The summed E-state index contributed by atoms with van der Waals surface area (Å²) in [6.07, 6.45) is 2.99. The van der Waals surface area contributed by atoms with Crippen LogP contribution in [0.3, 0.4) is 0 Å². The van der Waals surface area contributed by atoms with Crippen LogP contribution in [0.1, 0.15) is 54.0 Å². The fraction of sp³-hybridized carbons (Fsp3) is 0.229. The Kier molecular flexibility index (Phi) is 8.44. The molecule has 6 aromatic carbocycles. The standard InChI is InChI=1S/C48H46BNO2/c1-46(2,3)30-36-17-11-12-18-38(36)35-25-27-41-42(29-35)44(34-23-21-33(22-24-34)32-15-9-8-10-16-32)39-19-13-14-20-40(39)45(41)37-26-28-43(50-31-37)49-51-47(4,5)48(6,7)52-49/h8-29,31H,30H2,1-7H3. The molecule has 0 atom stereocenters. The molecule has 258 valence electrons. The summed E-state index contributed by atoms with van der Waals surface area (Å²) in [6.45, 7) is 15.2. The second-order valence-electron chi connectivity index (χ2n) is 16.5. The lowest BCUT2D eigenvalue weighted by molar-refractivity contribution is 0.00578. The molecule has 1 fully saturated rings. The maximum atomic E-state index is 6.35. The van der Waals surface area contributed by atoms with Gasteiger partial charge in [-0.2, -0.15) is 0 Å². The minimum absolute atomic E-state index is 0.168. The molecule has 2 heterocycles. The van der Waals surface area contributed by atoms with Crippen LogP contribution in [-0.4, -0.2) is 23.3 Å². The Bertz CT molecular complexity index is 2390. The van der Waals surface area contributed by atoms with Crippen LogP contribution >= 0.6 is 0 Å². The zero-order valence-electron chi connectivity index (χ0n) is 31.3. The highest BCUT2D eigenvalue weighted by atomic mass is 16.7. The van der Waals surface area contributed by atoms with E-state index in [9.17, 15) is 0 Å². The van der Waals surface area contributed by atoms with Crippen molar-refractivity contribution in [2.24, 2.45) is 5.41 Å². The Hall–Kier alpha value is -5.03. The predicted octanol–water partition coefficient (Wildman–Crippen LogP) is 11.9. The first-order valence-corrected chi connectivity index (χ1v) is 18.4. The molecule has 0 unspecified atom stereocenters. The summed E-state index contributed by atoms with van der Waals surface area (Å²) < 4.78 is 12.7. The van der Waals surface area contributed by atoms with Gasteiger partial charge >= 0.3 is 7.12 Å². The number of benzene rings is 6. The molecule has 0 saturated carbocycles. The van der Waals surface area contributed by atoms with E-state index < -0.39 is 18.3 Å². The van der Waals surface area contributed by atoms with Crippen molar-refractivity contribution in [3.05, 3.63) is 145 Å². The molecule has 0 amide bonds. The average Bonchev–Trinajstić information content (AvgIpc) is 3.36. The zero-order valence-corrected chi connectivity index (χ0v) is 31.3. The molecule has 3 nitrogen and oxygen atoms in total. The van der Waals surface area contributed by atoms with E-state index in [0.717, 1.165) is 17.6 Å². The summed E-state index contributed by atoms with van der Waals surface area (Å²) in [4.78, 5) is 4.96. The topological polar surface area (TPSA) is 31.4 Å². The van der Waals surface area contributed by atoms with Crippen molar-refractivity contribution in [1.29, 1.82) is 0 Å². The molecule has 7 aromatic rings. The molecule has 0 radical (unpaired) electrons. The van der Waals surface area contributed by atoms with Crippen molar-refractivity contribution >= 4 is 34.3 Å². The Balaban J connectivity index is 1.34. The predicted molar refractivity (Wildman–Crippen MR) is 220 cm³/mol. The average molecular weight is 680 g/mol. The molecule has 1 aliphatic heterocycles. The summed E-state index contributed by atoms with van der Waals surface area (Å²) in [7, 11) is -0.510. The lowest BCUT2D eigenvalue weighted by Crippen LogP contribution is -2.41. The molecule has 0 aliphatic carbocycles. The summed E-state index contributed by atoms with van der Waals surface area (Å²) in [5.74, 6) is 0. The molecule has 8 rings (SSSR count). The fourth-order valence-corrected chi connectivity index (χ4v) is 7.61. The van der Waals surface area contributed by atoms with E-state index >= 15 is 0 Å². The number of rotatable bonds is 6. The van der Waals surface area contributed by atoms with Gasteiger partial charge < -0.3 is 9.31 Å². The summed E-state index contributed by atoms with van der Waals surface area (Å²) in [6, 6.07) is 48.6. The second-order valence-corrected chi connectivity index (χ2v) is 16.5. The lowest BCUT2D eigenvalue weighted by Gasteiger charge is -2.32. The van der Waals surface area contributed by atoms with Gasteiger partial charge in [0, 0.05) is 11.8 Å². The number of hydrogen-bond donors (Lipinski definition) is 0. The summed E-state index contributed by atoms with van der Waals surface area (Å²) in [5, 5.41) is 4.83. The lowest BCUT2D eigenvalue weighted by atomic mass is 9.82. The van der Waals surface area contributed by atoms with Gasteiger partial charge in [0.25, 0.3) is 0 Å². The maximum Gasteiger partial charge on any atom is 0.514 e. The Morgan fingerprint density at radius 1 is 0.519 bits per heavy atom. The Morgan fingerprint density at radius 3 is 1.67 bits per heavy atom. The first-order chi connectivity index (χ1) is 24.9. The van der Waals surface area contributed by atoms with Crippen LogP contribution < -0.4 is 5.59 Å². The highest BCUT2D eigenvalue weighted by molar-refractivity contribution is 6.61. The number of pyridine rings is 1. The van der Waals surface area contributed by atoms with Crippen LogP contribution in [0.25, 0.3) is 66.1 Å². The molecule has 0 N–H and O–H groups in total. The highest BCUT2D eigenvalue weighted by Crippen LogP contribution is 2.45. The van der Waals surface area contributed by atoms with Gasteiger partial charge in [-0.25, -0.2) is 0 Å². The number of aromatic nitrogens is 1. The fourth-order valence-electron chi connectivity index (χ4n) is 7.61. The minimum Gasteiger partial charge on any atom is -0.398 e. The van der Waals surface area contributed by atoms with Gasteiger partial charge in [0.05, 0.1) is 16.8 Å². The quantitative estimate of drug-likeness (QED) is 0.129. The van der Waals surface area contributed by atoms with E-state index in [4.69, 9.17) is 14.3 Å². The number of hydrogen-bond acceptors (Lipinski definition) is 3. The molecule has 1 aromatic heterocycles. The third-order valence-corrected chi connectivity index (χ3v) is 10.9. The number of fused-ring (bicyclic) bond motifs is 2. The normalized spacial score (nSPS) is 15.4. The van der Waals surface area contributed by atoms with E-state index in [1.165, 1.54) is 66.1 Å². The van der Waals surface area contributed by atoms with Crippen molar-refractivity contribution < 1.29 is 9.31 Å². The summed E-state index contributed by atoms with van der Waals surface area (Å²) >= 11 is 0. The van der Waals surface area contributed by atoms with Crippen LogP contribution in [-0.2, 0) is 15.7 Å². The Morgan fingerprint density at radius 2 is 1.04 bits per heavy atom. The summed E-state index contributed by atoms with van der Waals surface area (Å²) in [5.41, 5.74) is 11.1. The van der Waals surface area contributed by atoms with Crippen molar-refractivity contribution in [2.75, 3.05) is 0 Å². The van der Waals surface area contributed by atoms with Crippen LogP contribution in [0.5, 0.6) is 0 Å². The number of nitrogens with zero attached hydrogens (tertiary/aromatic N) is 1.